The summed E-state index contributed by atoms with van der Waals surface area (Å²) >= 11 is 13.7. The first kappa shape index (κ1) is 13.8. The van der Waals surface area contributed by atoms with Crippen molar-refractivity contribution in [3.8, 4) is 10.6 Å². The third-order valence-corrected chi connectivity index (χ3v) is 4.17. The summed E-state index contributed by atoms with van der Waals surface area (Å²) in [6.45, 7) is 8.13. The molecule has 0 saturated carbocycles. The van der Waals surface area contributed by atoms with E-state index in [2.05, 4.69) is 30.7 Å². The van der Waals surface area contributed by atoms with Crippen LogP contribution < -0.4 is 0 Å². The van der Waals surface area contributed by atoms with E-state index in [4.69, 9.17) is 23.2 Å². The summed E-state index contributed by atoms with van der Waals surface area (Å²) in [6, 6.07) is 3.83. The van der Waals surface area contributed by atoms with Gasteiger partial charge in [-0.05, 0) is 19.1 Å². The van der Waals surface area contributed by atoms with Gasteiger partial charge in [0, 0.05) is 11.0 Å². The third kappa shape index (κ3) is 2.68. The molecule has 0 N–H and O–H groups in total. The van der Waals surface area contributed by atoms with Crippen LogP contribution in [0.5, 0.6) is 0 Å². The van der Waals surface area contributed by atoms with E-state index in [0.29, 0.717) is 5.15 Å². The van der Waals surface area contributed by atoms with Gasteiger partial charge >= 0.3 is 0 Å². The lowest BCUT2D eigenvalue weighted by Crippen LogP contribution is -2.17. The Hall–Kier alpha value is -0.640. The number of hydrogen-bond acceptors (Lipinski definition) is 3. The van der Waals surface area contributed by atoms with E-state index < -0.39 is 0 Å². The van der Waals surface area contributed by atoms with Crippen molar-refractivity contribution >= 4 is 34.5 Å². The van der Waals surface area contributed by atoms with Gasteiger partial charge in [0.15, 0.2) is 0 Å². The Morgan fingerprint density at radius 2 is 1.78 bits per heavy atom. The van der Waals surface area contributed by atoms with Crippen LogP contribution in [0.25, 0.3) is 10.6 Å². The van der Waals surface area contributed by atoms with E-state index >= 15 is 0 Å². The van der Waals surface area contributed by atoms with E-state index in [0.717, 1.165) is 26.3 Å². The standard InChI is InChI=1S/C13H14Cl2N2S/c1-7-10(8-5-6-9(14)18-8)16-12(13(2,3)4)17-11(7)15/h5-6H,1-4H3. The van der Waals surface area contributed by atoms with Gasteiger partial charge < -0.3 is 0 Å². The number of nitrogens with zero attached hydrogens (tertiary/aromatic N) is 2. The molecule has 0 fully saturated rings. The fourth-order valence-electron chi connectivity index (χ4n) is 1.51. The van der Waals surface area contributed by atoms with Crippen molar-refractivity contribution in [2.75, 3.05) is 0 Å². The van der Waals surface area contributed by atoms with Crippen molar-refractivity contribution in [3.05, 3.63) is 33.0 Å². The molecule has 0 amide bonds. The number of thiophene rings is 1. The molecule has 0 aromatic carbocycles. The van der Waals surface area contributed by atoms with Crippen LogP contribution in [0.3, 0.4) is 0 Å². The minimum atomic E-state index is -0.132. The van der Waals surface area contributed by atoms with Crippen LogP contribution in [0.1, 0.15) is 32.2 Å². The van der Waals surface area contributed by atoms with Gasteiger partial charge in [0.1, 0.15) is 11.0 Å². The summed E-state index contributed by atoms with van der Waals surface area (Å²) in [6.07, 6.45) is 0. The first-order valence-corrected chi connectivity index (χ1v) is 7.16. The van der Waals surface area contributed by atoms with Crippen LogP contribution in [-0.2, 0) is 5.41 Å². The van der Waals surface area contributed by atoms with E-state index in [1.54, 1.807) is 0 Å². The fourth-order valence-corrected chi connectivity index (χ4v) is 2.77. The Morgan fingerprint density at radius 1 is 1.11 bits per heavy atom. The minimum Gasteiger partial charge on any atom is -0.231 e. The van der Waals surface area contributed by atoms with Crippen molar-refractivity contribution in [1.82, 2.24) is 9.97 Å². The van der Waals surface area contributed by atoms with Crippen molar-refractivity contribution in [3.63, 3.8) is 0 Å². The number of halogens is 2. The molecular weight excluding hydrogens is 287 g/mol. The van der Waals surface area contributed by atoms with Crippen LogP contribution in [0, 0.1) is 6.92 Å². The average Bonchev–Trinajstić information content (AvgIpc) is 2.67. The average molecular weight is 301 g/mol. The summed E-state index contributed by atoms with van der Waals surface area (Å²) < 4.78 is 0.747. The highest BCUT2D eigenvalue weighted by atomic mass is 35.5. The molecule has 0 atom stereocenters. The number of aromatic nitrogens is 2. The molecule has 0 aliphatic rings. The Balaban J connectivity index is 2.63. The molecule has 18 heavy (non-hydrogen) atoms. The molecule has 0 aliphatic carbocycles. The molecule has 2 heterocycles. The Bertz CT molecular complexity index is 585. The van der Waals surface area contributed by atoms with Gasteiger partial charge in [0.25, 0.3) is 0 Å². The van der Waals surface area contributed by atoms with Gasteiger partial charge in [-0.1, -0.05) is 44.0 Å². The maximum atomic E-state index is 6.20. The van der Waals surface area contributed by atoms with Gasteiger partial charge in [-0.15, -0.1) is 11.3 Å². The molecule has 0 radical (unpaired) electrons. The van der Waals surface area contributed by atoms with Crippen LogP contribution in [0.15, 0.2) is 12.1 Å². The van der Waals surface area contributed by atoms with Crippen LogP contribution >= 0.6 is 34.5 Å². The number of hydrogen-bond donors (Lipinski definition) is 0. The Morgan fingerprint density at radius 3 is 2.28 bits per heavy atom. The monoisotopic (exact) mass is 300 g/mol. The fraction of sp³-hybridized carbons (Fsp3) is 0.385. The first-order valence-electron chi connectivity index (χ1n) is 5.59. The molecule has 0 aliphatic heterocycles. The lowest BCUT2D eigenvalue weighted by molar-refractivity contribution is 0.545. The second kappa shape index (κ2) is 4.80. The van der Waals surface area contributed by atoms with E-state index in [9.17, 15) is 0 Å². The van der Waals surface area contributed by atoms with Crippen LogP contribution in [-0.4, -0.2) is 9.97 Å². The van der Waals surface area contributed by atoms with E-state index in [-0.39, 0.29) is 5.41 Å². The van der Waals surface area contributed by atoms with Gasteiger partial charge in [0.05, 0.1) is 14.9 Å². The molecule has 0 saturated heterocycles. The smallest absolute Gasteiger partial charge is 0.136 e. The molecular formula is C13H14Cl2N2S. The second-order valence-electron chi connectivity index (χ2n) is 5.17. The molecule has 0 spiro atoms. The summed E-state index contributed by atoms with van der Waals surface area (Å²) in [5.74, 6) is 0.748. The van der Waals surface area contributed by atoms with Gasteiger partial charge in [-0.25, -0.2) is 9.97 Å². The largest absolute Gasteiger partial charge is 0.231 e. The van der Waals surface area contributed by atoms with Gasteiger partial charge in [-0.2, -0.15) is 0 Å². The molecule has 2 aromatic rings. The first-order chi connectivity index (χ1) is 8.29. The molecule has 2 nitrogen and oxygen atoms in total. The molecule has 5 heteroatoms. The Kier molecular flexibility index (Phi) is 3.67. The summed E-state index contributed by atoms with van der Waals surface area (Å²) in [7, 11) is 0. The maximum Gasteiger partial charge on any atom is 0.136 e. The highest BCUT2D eigenvalue weighted by molar-refractivity contribution is 7.19. The molecule has 2 rings (SSSR count). The highest BCUT2D eigenvalue weighted by Crippen LogP contribution is 2.34. The zero-order valence-electron chi connectivity index (χ0n) is 10.7. The summed E-state index contributed by atoms with van der Waals surface area (Å²) in [4.78, 5) is 10.0. The van der Waals surface area contributed by atoms with E-state index in [1.807, 2.05) is 19.1 Å². The van der Waals surface area contributed by atoms with Crippen molar-refractivity contribution in [2.45, 2.75) is 33.1 Å². The van der Waals surface area contributed by atoms with Crippen LogP contribution in [0.2, 0.25) is 9.49 Å². The summed E-state index contributed by atoms with van der Waals surface area (Å²) in [5, 5.41) is 0.509. The van der Waals surface area contributed by atoms with Crippen molar-refractivity contribution in [2.24, 2.45) is 0 Å². The number of rotatable bonds is 1. The van der Waals surface area contributed by atoms with Gasteiger partial charge in [-0.3, -0.25) is 0 Å². The lowest BCUT2D eigenvalue weighted by atomic mass is 9.95. The normalized spacial score (nSPS) is 11.9. The van der Waals surface area contributed by atoms with Gasteiger partial charge in [0.2, 0.25) is 0 Å². The zero-order chi connectivity index (χ0) is 13.5. The molecule has 0 bridgehead atoms. The van der Waals surface area contributed by atoms with Crippen molar-refractivity contribution < 1.29 is 0 Å². The van der Waals surface area contributed by atoms with Crippen LogP contribution in [0.4, 0.5) is 0 Å². The molecule has 0 unspecified atom stereocenters. The maximum absolute atomic E-state index is 6.20. The molecule has 96 valence electrons. The third-order valence-electron chi connectivity index (χ3n) is 2.56. The predicted octanol–water partition coefficient (Wildman–Crippen LogP) is 5.12. The molecule has 2 aromatic heterocycles. The lowest BCUT2D eigenvalue weighted by Gasteiger charge is -2.18. The highest BCUT2D eigenvalue weighted by Gasteiger charge is 2.21. The Labute approximate surface area is 121 Å². The SMILES string of the molecule is Cc1c(Cl)nc(C(C)(C)C)nc1-c1ccc(Cl)s1. The quantitative estimate of drug-likeness (QED) is 0.683. The second-order valence-corrected chi connectivity index (χ2v) is 7.24. The zero-order valence-corrected chi connectivity index (χ0v) is 13.0. The van der Waals surface area contributed by atoms with Crippen molar-refractivity contribution in [1.29, 1.82) is 0 Å². The van der Waals surface area contributed by atoms with E-state index in [1.165, 1.54) is 11.3 Å². The summed E-state index contributed by atoms with van der Waals surface area (Å²) in [5.41, 5.74) is 1.63. The minimum absolute atomic E-state index is 0.132. The predicted molar refractivity (Wildman–Crippen MR) is 78.8 cm³/mol. The topological polar surface area (TPSA) is 25.8 Å².